The van der Waals surface area contributed by atoms with E-state index in [0.717, 1.165) is 0 Å². The van der Waals surface area contributed by atoms with Crippen molar-refractivity contribution in [1.29, 1.82) is 0 Å². The number of pyridine rings is 1. The third kappa shape index (κ3) is 1.75. The van der Waals surface area contributed by atoms with E-state index >= 15 is 0 Å². The molecule has 73 valence electrons. The first kappa shape index (κ1) is 11.6. The molecule has 0 aliphatic heterocycles. The fourth-order valence-corrected chi connectivity index (χ4v) is 2.13. The molecule has 0 fully saturated rings. The zero-order valence-electron chi connectivity index (χ0n) is 9.57. The molecular weight excluding hydrogens is 205 g/mol. The molecule has 1 nitrogen and oxygen atoms in total. The fourth-order valence-electron chi connectivity index (χ4n) is 2.13. The zero-order chi connectivity index (χ0) is 10.3. The van der Waals surface area contributed by atoms with Crippen LogP contribution in [0.1, 0.15) is 5.56 Å². The Bertz CT molecular complexity index is 646. The van der Waals surface area contributed by atoms with Gasteiger partial charge in [0.15, 0.2) is 0 Å². The van der Waals surface area contributed by atoms with Crippen LogP contribution >= 0.6 is 0 Å². The number of benzene rings is 2. The van der Waals surface area contributed by atoms with Gasteiger partial charge in [0.05, 0.1) is 0 Å². The van der Waals surface area contributed by atoms with E-state index in [2.05, 4.69) is 48.3 Å². The molecule has 0 bridgehead atoms. The van der Waals surface area contributed by atoms with E-state index in [0.29, 0.717) is 0 Å². The van der Waals surface area contributed by atoms with E-state index in [1.165, 1.54) is 27.1 Å². The van der Waals surface area contributed by atoms with Crippen molar-refractivity contribution in [2.45, 2.75) is 6.92 Å². The Morgan fingerprint density at radius 2 is 1.75 bits per heavy atom. The molecule has 0 amide bonds. The number of fused-ring (bicyclic) bond motifs is 3. The normalized spacial score (nSPS) is 10.3. The van der Waals surface area contributed by atoms with Gasteiger partial charge in [-0.15, -0.1) is 0 Å². The van der Waals surface area contributed by atoms with Crippen LogP contribution in [0, 0.1) is 6.92 Å². The summed E-state index contributed by atoms with van der Waals surface area (Å²) in [5.41, 5.74) is 1.31. The summed E-state index contributed by atoms with van der Waals surface area (Å²) in [6.45, 7) is 2.15. The molecule has 16 heavy (non-hydrogen) atoms. The van der Waals surface area contributed by atoms with Crippen LogP contribution in [0.4, 0.5) is 0 Å². The average molecular weight is 216 g/mol. The van der Waals surface area contributed by atoms with E-state index in [9.17, 15) is 0 Å². The summed E-state index contributed by atoms with van der Waals surface area (Å²) in [6.07, 6.45) is 3.80. The van der Waals surface area contributed by atoms with Crippen molar-refractivity contribution in [3.8, 4) is 0 Å². The molecule has 3 aromatic rings. The molecule has 0 atom stereocenters. The van der Waals surface area contributed by atoms with Crippen molar-refractivity contribution in [2.24, 2.45) is 0 Å². The van der Waals surface area contributed by atoms with Crippen LogP contribution in [0.5, 0.6) is 0 Å². The third-order valence-electron chi connectivity index (χ3n) is 2.87. The van der Waals surface area contributed by atoms with Gasteiger partial charge in [-0.3, -0.25) is 4.98 Å². The Hall–Kier alpha value is -0.890. The van der Waals surface area contributed by atoms with E-state index in [4.69, 9.17) is 0 Å². The van der Waals surface area contributed by atoms with E-state index in [-0.39, 0.29) is 29.6 Å². The molecule has 0 saturated carbocycles. The Labute approximate surface area is 117 Å². The Morgan fingerprint density at radius 3 is 2.62 bits per heavy atom. The minimum atomic E-state index is 0. The first-order valence-electron chi connectivity index (χ1n) is 5.08. The van der Waals surface area contributed by atoms with Crippen LogP contribution in [0.2, 0.25) is 0 Å². The molecule has 0 unspecified atom stereocenters. The Morgan fingerprint density at radius 1 is 0.938 bits per heavy atom. The van der Waals surface area contributed by atoms with Crippen molar-refractivity contribution >= 4 is 51.1 Å². The van der Waals surface area contributed by atoms with Gasteiger partial charge in [0.2, 0.25) is 0 Å². The number of aryl methyl sites for hydroxylation is 1. The van der Waals surface area contributed by atoms with Gasteiger partial charge >= 0.3 is 0 Å². The summed E-state index contributed by atoms with van der Waals surface area (Å²) < 4.78 is 0. The molecule has 1 radical (unpaired) electrons. The largest absolute Gasteiger partial charge is 0.264 e. The monoisotopic (exact) mass is 216 g/mol. The summed E-state index contributed by atoms with van der Waals surface area (Å²) >= 11 is 0. The number of hydrogen-bond acceptors (Lipinski definition) is 1. The van der Waals surface area contributed by atoms with Crippen molar-refractivity contribution < 1.29 is 0 Å². The van der Waals surface area contributed by atoms with Gasteiger partial charge in [0.25, 0.3) is 0 Å². The number of aromatic nitrogens is 1. The minimum absolute atomic E-state index is 0. The van der Waals surface area contributed by atoms with Crippen LogP contribution in [0.15, 0.2) is 48.8 Å². The van der Waals surface area contributed by atoms with E-state index in [1.54, 1.807) is 0 Å². The summed E-state index contributed by atoms with van der Waals surface area (Å²) in [5.74, 6) is 0. The smallest absolute Gasteiger partial charge is 0.0352 e. The maximum Gasteiger partial charge on any atom is 0.0352 e. The number of hydrogen-bond donors (Lipinski definition) is 0. The van der Waals surface area contributed by atoms with Crippen LogP contribution in [-0.4, -0.2) is 34.5 Å². The summed E-state index contributed by atoms with van der Waals surface area (Å²) in [6, 6.07) is 12.8. The first-order chi connectivity index (χ1) is 7.36. The van der Waals surface area contributed by atoms with E-state index in [1.807, 2.05) is 12.4 Å². The summed E-state index contributed by atoms with van der Waals surface area (Å²) in [4.78, 5) is 4.20. The molecule has 0 aliphatic carbocycles. The zero-order valence-corrected chi connectivity index (χ0v) is 11.6. The predicted molar refractivity (Wildman–Crippen MR) is 69.7 cm³/mol. The number of rotatable bonds is 0. The molecule has 2 aromatic carbocycles. The molecule has 0 aliphatic rings. The summed E-state index contributed by atoms with van der Waals surface area (Å²) in [5, 5.41) is 5.11. The maximum absolute atomic E-state index is 4.20. The van der Waals surface area contributed by atoms with Gasteiger partial charge in [-0.05, 0) is 34.7 Å². The molecule has 1 heterocycles. The van der Waals surface area contributed by atoms with Gasteiger partial charge in [-0.2, -0.15) is 0 Å². The van der Waals surface area contributed by atoms with Gasteiger partial charge in [0.1, 0.15) is 0 Å². The van der Waals surface area contributed by atoms with Crippen LogP contribution in [-0.2, 0) is 0 Å². The van der Waals surface area contributed by atoms with Crippen LogP contribution in [0.3, 0.4) is 0 Å². The molecule has 1 aromatic heterocycles. The van der Waals surface area contributed by atoms with Crippen LogP contribution in [0.25, 0.3) is 21.5 Å². The first-order valence-corrected chi connectivity index (χ1v) is 5.08. The number of nitrogens with zero attached hydrogens (tertiary/aromatic N) is 1. The van der Waals surface area contributed by atoms with Crippen molar-refractivity contribution in [2.75, 3.05) is 0 Å². The van der Waals surface area contributed by atoms with Crippen molar-refractivity contribution in [3.05, 3.63) is 54.4 Å². The quantitative estimate of drug-likeness (QED) is 0.415. The Kier molecular flexibility index (Phi) is 3.29. The molecule has 0 saturated heterocycles. The Balaban J connectivity index is 0.000000963. The topological polar surface area (TPSA) is 12.9 Å². The molecule has 2 heteroatoms. The van der Waals surface area contributed by atoms with E-state index < -0.39 is 0 Å². The van der Waals surface area contributed by atoms with Crippen molar-refractivity contribution in [3.63, 3.8) is 0 Å². The van der Waals surface area contributed by atoms with Gasteiger partial charge < -0.3 is 0 Å². The molecule has 3 rings (SSSR count). The molecule has 0 spiro atoms. The average Bonchev–Trinajstić information content (AvgIpc) is 2.30. The minimum Gasteiger partial charge on any atom is -0.264 e. The molecular formula is C14H11NNa. The van der Waals surface area contributed by atoms with Gasteiger partial charge in [0, 0.05) is 47.3 Å². The van der Waals surface area contributed by atoms with Crippen molar-refractivity contribution in [1.82, 2.24) is 4.98 Å². The maximum atomic E-state index is 4.20. The fraction of sp³-hybridized carbons (Fsp3) is 0.0714. The van der Waals surface area contributed by atoms with Gasteiger partial charge in [-0.1, -0.05) is 30.3 Å². The van der Waals surface area contributed by atoms with Crippen LogP contribution < -0.4 is 0 Å². The summed E-state index contributed by atoms with van der Waals surface area (Å²) in [7, 11) is 0. The third-order valence-corrected chi connectivity index (χ3v) is 2.87. The molecule has 0 N–H and O–H groups in total. The SMILES string of the molecule is Cc1cc2ccccc2c2cnccc12.[Na]. The predicted octanol–water partition coefficient (Wildman–Crippen LogP) is 3.32. The van der Waals surface area contributed by atoms with Gasteiger partial charge in [-0.25, -0.2) is 0 Å². The second-order valence-electron chi connectivity index (χ2n) is 3.84. The second kappa shape index (κ2) is 4.54. The second-order valence-corrected chi connectivity index (χ2v) is 3.84. The standard InChI is InChI=1S/C14H11N.Na/c1-10-8-11-4-2-3-5-13(11)14-9-15-7-6-12(10)14;/h2-9H,1H3;.